The van der Waals surface area contributed by atoms with Gasteiger partial charge in [0, 0.05) is 0 Å². The summed E-state index contributed by atoms with van der Waals surface area (Å²) in [5, 5.41) is 0. The highest BCUT2D eigenvalue weighted by molar-refractivity contribution is 7.16. The Morgan fingerprint density at radius 1 is 1.05 bits per heavy atom. The first kappa shape index (κ1) is 14.3. The minimum atomic E-state index is -0.205. The molecule has 0 saturated carbocycles. The summed E-state index contributed by atoms with van der Waals surface area (Å²) >= 11 is 1.20. The topological polar surface area (TPSA) is 30.2 Å². The SMILES string of the molecule is CCCCCCCCCc1ccc2oc(=O)sc2c1. The van der Waals surface area contributed by atoms with Crippen molar-refractivity contribution in [2.45, 2.75) is 58.3 Å². The van der Waals surface area contributed by atoms with E-state index in [1.165, 1.54) is 61.8 Å². The van der Waals surface area contributed by atoms with Crippen molar-refractivity contribution in [3.63, 3.8) is 0 Å². The van der Waals surface area contributed by atoms with Gasteiger partial charge in [0.05, 0.1) is 4.70 Å². The van der Waals surface area contributed by atoms with Crippen LogP contribution in [0.5, 0.6) is 0 Å². The van der Waals surface area contributed by atoms with Crippen molar-refractivity contribution in [1.29, 1.82) is 0 Å². The third-order valence-corrected chi connectivity index (χ3v) is 4.25. The predicted molar refractivity (Wildman–Crippen MR) is 82.1 cm³/mol. The molecular formula is C16H22O2S. The lowest BCUT2D eigenvalue weighted by Gasteiger charge is -2.02. The minimum Gasteiger partial charge on any atom is -0.414 e. The van der Waals surface area contributed by atoms with E-state index < -0.39 is 0 Å². The van der Waals surface area contributed by atoms with Crippen LogP contribution in [0.25, 0.3) is 10.3 Å². The van der Waals surface area contributed by atoms with E-state index in [0.29, 0.717) is 0 Å². The highest BCUT2D eigenvalue weighted by atomic mass is 32.1. The fraction of sp³-hybridized carbons (Fsp3) is 0.562. The molecule has 2 nitrogen and oxygen atoms in total. The Bertz CT molecular complexity index is 553. The van der Waals surface area contributed by atoms with Crippen LogP contribution in [0.1, 0.15) is 57.4 Å². The highest BCUT2D eigenvalue weighted by Crippen LogP contribution is 2.20. The van der Waals surface area contributed by atoms with E-state index in [1.807, 2.05) is 6.07 Å². The second kappa shape index (κ2) is 7.49. The molecule has 0 bridgehead atoms. The van der Waals surface area contributed by atoms with Crippen LogP contribution in [0.2, 0.25) is 0 Å². The van der Waals surface area contributed by atoms with Gasteiger partial charge in [-0.3, -0.25) is 0 Å². The van der Waals surface area contributed by atoms with Gasteiger partial charge in [-0.2, -0.15) is 0 Å². The zero-order valence-electron chi connectivity index (χ0n) is 11.6. The van der Waals surface area contributed by atoms with Gasteiger partial charge >= 0.3 is 4.94 Å². The number of benzene rings is 1. The molecular weight excluding hydrogens is 256 g/mol. The second-order valence-electron chi connectivity index (χ2n) is 5.11. The van der Waals surface area contributed by atoms with Crippen LogP contribution >= 0.6 is 11.3 Å². The van der Waals surface area contributed by atoms with Crippen LogP contribution in [0, 0.1) is 0 Å². The summed E-state index contributed by atoms with van der Waals surface area (Å²) in [6.07, 6.45) is 10.4. The van der Waals surface area contributed by atoms with E-state index in [-0.39, 0.29) is 4.94 Å². The summed E-state index contributed by atoms with van der Waals surface area (Å²) in [4.78, 5) is 10.9. The lowest BCUT2D eigenvalue weighted by Crippen LogP contribution is -1.86. The van der Waals surface area contributed by atoms with Crippen molar-refractivity contribution in [1.82, 2.24) is 0 Å². The maximum Gasteiger partial charge on any atom is 0.396 e. The van der Waals surface area contributed by atoms with Crippen molar-refractivity contribution < 1.29 is 4.42 Å². The third-order valence-electron chi connectivity index (χ3n) is 3.46. The molecule has 0 aliphatic carbocycles. The number of unbranched alkanes of at least 4 members (excludes halogenated alkanes) is 6. The van der Waals surface area contributed by atoms with E-state index in [4.69, 9.17) is 4.42 Å². The van der Waals surface area contributed by atoms with Crippen molar-refractivity contribution in [2.24, 2.45) is 0 Å². The Balaban J connectivity index is 1.74. The fourth-order valence-corrected chi connectivity index (χ4v) is 3.09. The molecule has 2 rings (SSSR count). The van der Waals surface area contributed by atoms with Crippen LogP contribution in [-0.2, 0) is 6.42 Å². The second-order valence-corrected chi connectivity index (χ2v) is 6.08. The Morgan fingerprint density at radius 3 is 2.58 bits per heavy atom. The average Bonchev–Trinajstić information content (AvgIpc) is 2.77. The van der Waals surface area contributed by atoms with E-state index in [9.17, 15) is 4.79 Å². The molecule has 0 unspecified atom stereocenters. The standard InChI is InChI=1S/C16H22O2S/c1-2-3-4-5-6-7-8-9-13-10-11-14-15(12-13)19-16(17)18-14/h10-12H,2-9H2,1H3. The molecule has 1 heterocycles. The molecule has 0 N–H and O–H groups in total. The van der Waals surface area contributed by atoms with Gasteiger partial charge in [0.1, 0.15) is 5.58 Å². The van der Waals surface area contributed by atoms with Gasteiger partial charge in [-0.1, -0.05) is 62.9 Å². The largest absolute Gasteiger partial charge is 0.414 e. The fourth-order valence-electron chi connectivity index (χ4n) is 2.36. The molecule has 0 aliphatic rings. The Morgan fingerprint density at radius 2 is 1.79 bits per heavy atom. The zero-order chi connectivity index (χ0) is 13.5. The summed E-state index contributed by atoms with van der Waals surface area (Å²) in [6.45, 7) is 2.25. The highest BCUT2D eigenvalue weighted by Gasteiger charge is 2.02. The van der Waals surface area contributed by atoms with Crippen molar-refractivity contribution in [3.8, 4) is 0 Å². The van der Waals surface area contributed by atoms with Gasteiger partial charge in [-0.05, 0) is 30.5 Å². The number of aryl methyl sites for hydroxylation is 1. The average molecular weight is 278 g/mol. The number of hydrogen-bond acceptors (Lipinski definition) is 3. The molecule has 0 amide bonds. The third kappa shape index (κ3) is 4.50. The lowest BCUT2D eigenvalue weighted by molar-refractivity contribution is 0.584. The molecule has 1 aromatic heterocycles. The molecule has 3 heteroatoms. The summed E-state index contributed by atoms with van der Waals surface area (Å²) in [5.41, 5.74) is 2.04. The van der Waals surface area contributed by atoms with Crippen molar-refractivity contribution in [2.75, 3.05) is 0 Å². The van der Waals surface area contributed by atoms with E-state index in [0.717, 1.165) is 16.7 Å². The maximum atomic E-state index is 11.1. The lowest BCUT2D eigenvalue weighted by atomic mass is 10.0. The summed E-state index contributed by atoms with van der Waals surface area (Å²) in [5.74, 6) is 0. The predicted octanol–water partition coefficient (Wildman–Crippen LogP) is 5.15. The van der Waals surface area contributed by atoms with E-state index in [2.05, 4.69) is 19.1 Å². The Labute approximate surface area is 118 Å². The number of rotatable bonds is 8. The molecule has 0 saturated heterocycles. The molecule has 104 valence electrons. The van der Waals surface area contributed by atoms with Gasteiger partial charge in [-0.25, -0.2) is 4.79 Å². The number of fused-ring (bicyclic) bond motifs is 1. The quantitative estimate of drug-likeness (QED) is 0.625. The van der Waals surface area contributed by atoms with Gasteiger partial charge in [0.2, 0.25) is 0 Å². The number of hydrogen-bond donors (Lipinski definition) is 0. The summed E-state index contributed by atoms with van der Waals surface area (Å²) in [7, 11) is 0. The van der Waals surface area contributed by atoms with Crippen LogP contribution in [0.15, 0.2) is 27.4 Å². The van der Waals surface area contributed by atoms with Crippen LogP contribution < -0.4 is 4.94 Å². The van der Waals surface area contributed by atoms with E-state index >= 15 is 0 Å². The van der Waals surface area contributed by atoms with Gasteiger partial charge < -0.3 is 4.42 Å². The maximum absolute atomic E-state index is 11.1. The molecule has 1 aromatic carbocycles. The minimum absolute atomic E-state index is 0.205. The van der Waals surface area contributed by atoms with Crippen LogP contribution in [0.4, 0.5) is 0 Å². The molecule has 19 heavy (non-hydrogen) atoms. The van der Waals surface area contributed by atoms with Gasteiger partial charge in [0.15, 0.2) is 0 Å². The van der Waals surface area contributed by atoms with Crippen molar-refractivity contribution >= 4 is 21.6 Å². The van der Waals surface area contributed by atoms with Gasteiger partial charge in [0.25, 0.3) is 0 Å². The zero-order valence-corrected chi connectivity index (χ0v) is 12.4. The van der Waals surface area contributed by atoms with Crippen molar-refractivity contribution in [3.05, 3.63) is 33.5 Å². The molecule has 0 fully saturated rings. The summed E-state index contributed by atoms with van der Waals surface area (Å²) < 4.78 is 6.04. The molecule has 0 radical (unpaired) electrons. The van der Waals surface area contributed by atoms with Gasteiger partial charge in [-0.15, -0.1) is 0 Å². The first-order valence-corrected chi connectivity index (χ1v) is 8.14. The smallest absolute Gasteiger partial charge is 0.396 e. The van der Waals surface area contributed by atoms with Crippen LogP contribution in [0.3, 0.4) is 0 Å². The summed E-state index contributed by atoms with van der Waals surface area (Å²) in [6, 6.07) is 6.10. The van der Waals surface area contributed by atoms with E-state index in [1.54, 1.807) is 0 Å². The monoisotopic (exact) mass is 278 g/mol. The first-order valence-electron chi connectivity index (χ1n) is 7.32. The molecule has 0 aliphatic heterocycles. The first-order chi connectivity index (χ1) is 9.29. The molecule has 2 aromatic rings. The normalized spacial score (nSPS) is 11.2. The molecule has 0 spiro atoms. The molecule has 0 atom stereocenters. The Kier molecular flexibility index (Phi) is 5.64. The van der Waals surface area contributed by atoms with Crippen LogP contribution in [-0.4, -0.2) is 0 Å². The Hall–Kier alpha value is -1.09.